The van der Waals surface area contributed by atoms with Crippen LogP contribution in [0.2, 0.25) is 0 Å². The van der Waals surface area contributed by atoms with Gasteiger partial charge < -0.3 is 10.0 Å². The van der Waals surface area contributed by atoms with Gasteiger partial charge in [0, 0.05) is 18.7 Å². The van der Waals surface area contributed by atoms with Crippen LogP contribution in [0.4, 0.5) is 0 Å². The van der Waals surface area contributed by atoms with Gasteiger partial charge in [0.05, 0.1) is 5.56 Å². The van der Waals surface area contributed by atoms with Crippen molar-refractivity contribution in [1.29, 1.82) is 0 Å². The number of aliphatic hydroxyl groups is 1. The molecule has 1 saturated heterocycles. The molecule has 1 amide bonds. The number of amides is 1. The molecule has 0 saturated carbocycles. The zero-order valence-electron chi connectivity index (χ0n) is 12.1. The van der Waals surface area contributed by atoms with E-state index < -0.39 is 0 Å². The number of nitrogens with zero attached hydrogens (tertiary/aromatic N) is 1. The second-order valence-corrected chi connectivity index (χ2v) is 5.50. The van der Waals surface area contributed by atoms with Gasteiger partial charge in [0.2, 0.25) is 0 Å². The van der Waals surface area contributed by atoms with Crippen LogP contribution >= 0.6 is 0 Å². The predicted molar refractivity (Wildman–Crippen MR) is 79.3 cm³/mol. The molecule has 3 heteroatoms. The molecule has 0 radical (unpaired) electrons. The highest BCUT2D eigenvalue weighted by atomic mass is 16.2. The summed E-state index contributed by atoms with van der Waals surface area (Å²) in [6.07, 6.45) is 1.05. The molecule has 1 N–H and O–H groups in total. The Balaban J connectivity index is 2.21. The van der Waals surface area contributed by atoms with Crippen molar-refractivity contribution in [1.82, 2.24) is 4.90 Å². The molecule has 2 rings (SSSR count). The Morgan fingerprint density at radius 2 is 2.10 bits per heavy atom. The summed E-state index contributed by atoms with van der Waals surface area (Å²) in [5.41, 5.74) is 1.33. The van der Waals surface area contributed by atoms with E-state index >= 15 is 0 Å². The van der Waals surface area contributed by atoms with Gasteiger partial charge in [0.15, 0.2) is 0 Å². The molecular formula is C17H21NO2. The monoisotopic (exact) mass is 271 g/mol. The first-order valence-electron chi connectivity index (χ1n) is 7.11. The van der Waals surface area contributed by atoms with Gasteiger partial charge in [-0.15, -0.1) is 0 Å². The molecule has 0 aromatic heterocycles. The van der Waals surface area contributed by atoms with Crippen LogP contribution in [0.3, 0.4) is 0 Å². The van der Waals surface area contributed by atoms with Crippen molar-refractivity contribution in [3.8, 4) is 11.8 Å². The summed E-state index contributed by atoms with van der Waals surface area (Å²) in [5.74, 6) is 6.72. The van der Waals surface area contributed by atoms with Crippen LogP contribution < -0.4 is 0 Å². The SMILES string of the molecule is CC1CCN(C(=O)c2ccccc2C#CCO)CC1C. The molecule has 3 nitrogen and oxygen atoms in total. The van der Waals surface area contributed by atoms with E-state index in [2.05, 4.69) is 25.7 Å². The summed E-state index contributed by atoms with van der Waals surface area (Å²) < 4.78 is 0. The third-order valence-electron chi connectivity index (χ3n) is 4.08. The lowest BCUT2D eigenvalue weighted by molar-refractivity contribution is 0.0627. The number of rotatable bonds is 1. The van der Waals surface area contributed by atoms with Crippen molar-refractivity contribution in [2.75, 3.05) is 19.7 Å². The van der Waals surface area contributed by atoms with Crippen LogP contribution in [0.25, 0.3) is 0 Å². The molecule has 1 aliphatic rings. The highest BCUT2D eigenvalue weighted by Gasteiger charge is 2.27. The van der Waals surface area contributed by atoms with Gasteiger partial charge in [0.1, 0.15) is 6.61 Å². The standard InChI is InChI=1S/C17H21NO2/c1-13-9-10-18(12-14(13)2)17(20)16-8-4-3-6-15(16)7-5-11-19/h3-4,6,8,13-14,19H,9-12H2,1-2H3. The maximum atomic E-state index is 12.6. The van der Waals surface area contributed by atoms with Crippen molar-refractivity contribution >= 4 is 5.91 Å². The molecular weight excluding hydrogens is 250 g/mol. The van der Waals surface area contributed by atoms with E-state index in [0.717, 1.165) is 19.5 Å². The second-order valence-electron chi connectivity index (χ2n) is 5.50. The van der Waals surface area contributed by atoms with Crippen LogP contribution in [0, 0.1) is 23.7 Å². The average Bonchev–Trinajstić information content (AvgIpc) is 2.47. The molecule has 2 unspecified atom stereocenters. The van der Waals surface area contributed by atoms with Gasteiger partial charge in [-0.25, -0.2) is 0 Å². The van der Waals surface area contributed by atoms with Crippen molar-refractivity contribution in [2.24, 2.45) is 11.8 Å². The Hall–Kier alpha value is -1.79. The predicted octanol–water partition coefficient (Wildman–Crippen LogP) is 2.15. The summed E-state index contributed by atoms with van der Waals surface area (Å²) in [7, 11) is 0. The quantitative estimate of drug-likeness (QED) is 0.795. The van der Waals surface area contributed by atoms with Crippen LogP contribution in [0.1, 0.15) is 36.2 Å². The molecule has 2 atom stereocenters. The van der Waals surface area contributed by atoms with E-state index in [1.807, 2.05) is 29.2 Å². The first-order valence-corrected chi connectivity index (χ1v) is 7.11. The highest BCUT2D eigenvalue weighted by molar-refractivity contribution is 5.96. The third-order valence-corrected chi connectivity index (χ3v) is 4.08. The van der Waals surface area contributed by atoms with Crippen LogP contribution in [-0.2, 0) is 0 Å². The number of hydrogen-bond donors (Lipinski definition) is 1. The molecule has 106 valence electrons. The van der Waals surface area contributed by atoms with Gasteiger partial charge in [-0.05, 0) is 30.4 Å². The number of piperidine rings is 1. The van der Waals surface area contributed by atoms with Gasteiger partial charge in [-0.1, -0.05) is 37.8 Å². The fourth-order valence-corrected chi connectivity index (χ4v) is 2.53. The zero-order valence-corrected chi connectivity index (χ0v) is 12.1. The van der Waals surface area contributed by atoms with Gasteiger partial charge in [-0.2, -0.15) is 0 Å². The van der Waals surface area contributed by atoms with Crippen LogP contribution in [0.5, 0.6) is 0 Å². The van der Waals surface area contributed by atoms with Crippen molar-refractivity contribution in [3.63, 3.8) is 0 Å². The smallest absolute Gasteiger partial charge is 0.255 e. The van der Waals surface area contributed by atoms with Gasteiger partial charge in [0.25, 0.3) is 5.91 Å². The van der Waals surface area contributed by atoms with Crippen molar-refractivity contribution < 1.29 is 9.90 Å². The van der Waals surface area contributed by atoms with E-state index in [4.69, 9.17) is 5.11 Å². The van der Waals surface area contributed by atoms with E-state index in [1.54, 1.807) is 0 Å². The third kappa shape index (κ3) is 3.20. The largest absolute Gasteiger partial charge is 0.384 e. The van der Waals surface area contributed by atoms with Gasteiger partial charge >= 0.3 is 0 Å². The lowest BCUT2D eigenvalue weighted by Crippen LogP contribution is -2.42. The summed E-state index contributed by atoms with van der Waals surface area (Å²) in [6.45, 7) is 5.86. The molecule has 1 aliphatic heterocycles. The number of benzene rings is 1. The van der Waals surface area contributed by atoms with E-state index in [1.165, 1.54) is 0 Å². The number of likely N-dealkylation sites (tertiary alicyclic amines) is 1. The molecule has 20 heavy (non-hydrogen) atoms. The van der Waals surface area contributed by atoms with E-state index in [0.29, 0.717) is 23.0 Å². The summed E-state index contributed by atoms with van der Waals surface area (Å²) in [4.78, 5) is 14.6. The van der Waals surface area contributed by atoms with Crippen molar-refractivity contribution in [2.45, 2.75) is 20.3 Å². The Morgan fingerprint density at radius 1 is 1.35 bits per heavy atom. The molecule has 0 bridgehead atoms. The summed E-state index contributed by atoms with van der Waals surface area (Å²) >= 11 is 0. The van der Waals surface area contributed by atoms with Gasteiger partial charge in [-0.3, -0.25) is 4.79 Å². The maximum absolute atomic E-state index is 12.6. The number of hydrogen-bond acceptors (Lipinski definition) is 2. The number of carbonyl (C=O) groups is 1. The zero-order chi connectivity index (χ0) is 14.5. The molecule has 0 spiro atoms. The molecule has 1 fully saturated rings. The molecule has 0 aliphatic carbocycles. The number of carbonyl (C=O) groups excluding carboxylic acids is 1. The first-order chi connectivity index (χ1) is 9.63. The first kappa shape index (κ1) is 14.6. The van der Waals surface area contributed by atoms with E-state index in [-0.39, 0.29) is 12.5 Å². The van der Waals surface area contributed by atoms with Crippen molar-refractivity contribution in [3.05, 3.63) is 35.4 Å². The minimum absolute atomic E-state index is 0.0478. The lowest BCUT2D eigenvalue weighted by atomic mass is 9.88. The highest BCUT2D eigenvalue weighted by Crippen LogP contribution is 2.24. The fourth-order valence-electron chi connectivity index (χ4n) is 2.53. The van der Waals surface area contributed by atoms with Crippen LogP contribution in [0.15, 0.2) is 24.3 Å². The minimum atomic E-state index is -0.194. The maximum Gasteiger partial charge on any atom is 0.255 e. The minimum Gasteiger partial charge on any atom is -0.384 e. The molecule has 1 aromatic carbocycles. The topological polar surface area (TPSA) is 40.5 Å². The Kier molecular flexibility index (Phi) is 4.81. The average molecular weight is 271 g/mol. The lowest BCUT2D eigenvalue weighted by Gasteiger charge is -2.35. The normalized spacial score (nSPS) is 22.1. The Morgan fingerprint density at radius 3 is 2.80 bits per heavy atom. The summed E-state index contributed by atoms with van der Waals surface area (Å²) in [6, 6.07) is 7.35. The molecule has 1 aromatic rings. The molecule has 1 heterocycles. The number of aliphatic hydroxyl groups excluding tert-OH is 1. The van der Waals surface area contributed by atoms with Crippen LogP contribution in [-0.4, -0.2) is 35.6 Å². The Labute approximate surface area is 120 Å². The second kappa shape index (κ2) is 6.58. The fraction of sp³-hybridized carbons (Fsp3) is 0.471. The van der Waals surface area contributed by atoms with E-state index in [9.17, 15) is 4.79 Å². The summed E-state index contributed by atoms with van der Waals surface area (Å²) in [5, 5.41) is 8.80. The Bertz CT molecular complexity index is 541.